The quantitative estimate of drug-likeness (QED) is 0.832. The summed E-state index contributed by atoms with van der Waals surface area (Å²) in [7, 11) is 0. The standard InChI is InChI=1S/C13H17N3O/c1-8(2)12-11(14)13(17)16(15-12)10-6-4-9(3)5-7-10/h4-8,15H,14H2,1-3H3. The van der Waals surface area contributed by atoms with Crippen molar-refractivity contribution < 1.29 is 0 Å². The van der Waals surface area contributed by atoms with Crippen LogP contribution in [0.4, 0.5) is 5.69 Å². The van der Waals surface area contributed by atoms with Gasteiger partial charge in [0, 0.05) is 0 Å². The van der Waals surface area contributed by atoms with E-state index in [0.717, 1.165) is 16.9 Å². The molecule has 0 radical (unpaired) electrons. The van der Waals surface area contributed by atoms with E-state index in [0.29, 0.717) is 5.69 Å². The largest absolute Gasteiger partial charge is 0.393 e. The summed E-state index contributed by atoms with van der Waals surface area (Å²) in [5.41, 5.74) is 8.68. The molecule has 4 nitrogen and oxygen atoms in total. The third-order valence-corrected chi connectivity index (χ3v) is 2.83. The Morgan fingerprint density at radius 1 is 1.24 bits per heavy atom. The number of nitrogens with two attached hydrogens (primary N) is 1. The number of aryl methyl sites for hydroxylation is 1. The van der Waals surface area contributed by atoms with Crippen LogP contribution in [0.1, 0.15) is 31.0 Å². The molecule has 4 heteroatoms. The van der Waals surface area contributed by atoms with Crippen LogP contribution in [-0.4, -0.2) is 9.78 Å². The van der Waals surface area contributed by atoms with Crippen molar-refractivity contribution in [1.29, 1.82) is 0 Å². The number of anilines is 1. The Kier molecular flexibility index (Phi) is 2.79. The van der Waals surface area contributed by atoms with Gasteiger partial charge in [-0.05, 0) is 25.0 Å². The normalized spacial score (nSPS) is 11.1. The first-order chi connectivity index (χ1) is 8.00. The van der Waals surface area contributed by atoms with Gasteiger partial charge in [0.05, 0.1) is 11.4 Å². The zero-order valence-electron chi connectivity index (χ0n) is 10.3. The highest BCUT2D eigenvalue weighted by Gasteiger charge is 2.14. The number of H-pyrrole nitrogens is 1. The summed E-state index contributed by atoms with van der Waals surface area (Å²) in [6.45, 7) is 6.01. The molecule has 2 rings (SSSR count). The van der Waals surface area contributed by atoms with Gasteiger partial charge in [0.15, 0.2) is 0 Å². The van der Waals surface area contributed by atoms with E-state index in [1.165, 1.54) is 4.68 Å². The van der Waals surface area contributed by atoms with Crippen molar-refractivity contribution in [3.63, 3.8) is 0 Å². The molecular weight excluding hydrogens is 214 g/mol. The molecular formula is C13H17N3O. The number of aromatic amines is 1. The zero-order valence-corrected chi connectivity index (χ0v) is 10.3. The second-order valence-corrected chi connectivity index (χ2v) is 4.57. The molecule has 17 heavy (non-hydrogen) atoms. The lowest BCUT2D eigenvalue weighted by atomic mass is 10.1. The molecule has 0 aliphatic heterocycles. The Labute approximate surface area is 100 Å². The van der Waals surface area contributed by atoms with Crippen molar-refractivity contribution in [3.05, 3.63) is 45.9 Å². The van der Waals surface area contributed by atoms with Crippen molar-refractivity contribution in [2.24, 2.45) is 0 Å². The number of benzene rings is 1. The Morgan fingerprint density at radius 2 is 1.82 bits per heavy atom. The van der Waals surface area contributed by atoms with Gasteiger partial charge in [-0.15, -0.1) is 0 Å². The molecule has 90 valence electrons. The van der Waals surface area contributed by atoms with E-state index in [9.17, 15) is 4.79 Å². The number of rotatable bonds is 2. The van der Waals surface area contributed by atoms with E-state index in [1.54, 1.807) is 0 Å². The average Bonchev–Trinajstić information content (AvgIpc) is 2.58. The Bertz CT molecular complexity index is 576. The lowest BCUT2D eigenvalue weighted by Gasteiger charge is -2.03. The summed E-state index contributed by atoms with van der Waals surface area (Å²) in [4.78, 5) is 12.0. The van der Waals surface area contributed by atoms with Crippen LogP contribution in [0.3, 0.4) is 0 Å². The summed E-state index contributed by atoms with van der Waals surface area (Å²) in [5.74, 6) is 0.203. The van der Waals surface area contributed by atoms with Gasteiger partial charge in [-0.2, -0.15) is 0 Å². The molecule has 0 aliphatic carbocycles. The molecule has 3 N–H and O–H groups in total. The molecule has 0 saturated heterocycles. The zero-order chi connectivity index (χ0) is 12.6. The molecule has 1 aromatic carbocycles. The number of nitrogens with one attached hydrogen (secondary N) is 1. The highest BCUT2D eigenvalue weighted by Crippen LogP contribution is 2.17. The van der Waals surface area contributed by atoms with Gasteiger partial charge in [0.2, 0.25) is 0 Å². The van der Waals surface area contributed by atoms with Gasteiger partial charge in [-0.3, -0.25) is 9.89 Å². The fourth-order valence-corrected chi connectivity index (χ4v) is 1.78. The minimum atomic E-state index is -0.183. The first-order valence-corrected chi connectivity index (χ1v) is 5.68. The lowest BCUT2D eigenvalue weighted by molar-refractivity contribution is 0.761. The van der Waals surface area contributed by atoms with Gasteiger partial charge in [-0.25, -0.2) is 4.68 Å². The van der Waals surface area contributed by atoms with E-state index >= 15 is 0 Å². The first kappa shape index (κ1) is 11.5. The SMILES string of the molecule is Cc1ccc(-n2[nH]c(C(C)C)c(N)c2=O)cc1. The van der Waals surface area contributed by atoms with Crippen molar-refractivity contribution >= 4 is 5.69 Å². The Morgan fingerprint density at radius 3 is 2.29 bits per heavy atom. The molecule has 0 atom stereocenters. The van der Waals surface area contributed by atoms with Gasteiger partial charge in [0.1, 0.15) is 5.69 Å². The summed E-state index contributed by atoms with van der Waals surface area (Å²) in [5, 5.41) is 3.06. The molecule has 0 unspecified atom stereocenters. The van der Waals surface area contributed by atoms with Crippen LogP contribution >= 0.6 is 0 Å². The third-order valence-electron chi connectivity index (χ3n) is 2.83. The van der Waals surface area contributed by atoms with E-state index in [-0.39, 0.29) is 11.5 Å². The van der Waals surface area contributed by atoms with Crippen LogP contribution in [0.2, 0.25) is 0 Å². The smallest absolute Gasteiger partial charge is 0.294 e. The highest BCUT2D eigenvalue weighted by molar-refractivity contribution is 5.46. The molecule has 0 spiro atoms. The maximum absolute atomic E-state index is 12.0. The molecule has 1 aromatic heterocycles. The van der Waals surface area contributed by atoms with Crippen LogP contribution in [0, 0.1) is 6.92 Å². The molecule has 0 aliphatic rings. The second kappa shape index (κ2) is 4.13. The van der Waals surface area contributed by atoms with E-state index in [2.05, 4.69) is 5.10 Å². The molecule has 0 saturated carbocycles. The molecule has 0 bridgehead atoms. The summed E-state index contributed by atoms with van der Waals surface area (Å²) in [6.07, 6.45) is 0. The fraction of sp³-hybridized carbons (Fsp3) is 0.308. The van der Waals surface area contributed by atoms with E-state index in [1.807, 2.05) is 45.0 Å². The molecule has 2 aromatic rings. The second-order valence-electron chi connectivity index (χ2n) is 4.57. The highest BCUT2D eigenvalue weighted by atomic mass is 16.1. The van der Waals surface area contributed by atoms with E-state index in [4.69, 9.17) is 5.73 Å². The van der Waals surface area contributed by atoms with Crippen LogP contribution in [0.5, 0.6) is 0 Å². The first-order valence-electron chi connectivity index (χ1n) is 5.68. The molecule has 0 amide bonds. The van der Waals surface area contributed by atoms with Gasteiger partial charge < -0.3 is 5.73 Å². The minimum absolute atomic E-state index is 0.183. The van der Waals surface area contributed by atoms with Crippen LogP contribution in [0.25, 0.3) is 5.69 Å². The van der Waals surface area contributed by atoms with Gasteiger partial charge in [0.25, 0.3) is 5.56 Å². The molecule has 1 heterocycles. The summed E-state index contributed by atoms with van der Waals surface area (Å²) >= 11 is 0. The van der Waals surface area contributed by atoms with Gasteiger partial charge in [-0.1, -0.05) is 31.5 Å². The van der Waals surface area contributed by atoms with Gasteiger partial charge >= 0.3 is 0 Å². The fourth-order valence-electron chi connectivity index (χ4n) is 1.78. The third kappa shape index (κ3) is 1.98. The number of nitrogen functional groups attached to an aromatic ring is 1. The monoisotopic (exact) mass is 231 g/mol. The Balaban J connectivity index is 2.57. The predicted octanol–water partition coefficient (Wildman–Crippen LogP) is 2.18. The average molecular weight is 231 g/mol. The summed E-state index contributed by atoms with van der Waals surface area (Å²) in [6, 6.07) is 7.73. The topological polar surface area (TPSA) is 63.8 Å². The van der Waals surface area contributed by atoms with Crippen molar-refractivity contribution in [1.82, 2.24) is 9.78 Å². The van der Waals surface area contributed by atoms with Crippen LogP contribution in [0.15, 0.2) is 29.1 Å². The predicted molar refractivity (Wildman–Crippen MR) is 69.6 cm³/mol. The number of nitrogens with zero attached hydrogens (tertiary/aromatic N) is 1. The maximum atomic E-state index is 12.0. The number of hydrogen-bond acceptors (Lipinski definition) is 2. The van der Waals surface area contributed by atoms with Crippen molar-refractivity contribution in [3.8, 4) is 5.69 Å². The van der Waals surface area contributed by atoms with Crippen molar-refractivity contribution in [2.45, 2.75) is 26.7 Å². The molecule has 0 fully saturated rings. The summed E-state index contributed by atoms with van der Waals surface area (Å²) < 4.78 is 1.49. The maximum Gasteiger partial charge on any atom is 0.294 e. The van der Waals surface area contributed by atoms with Crippen molar-refractivity contribution in [2.75, 3.05) is 5.73 Å². The van der Waals surface area contributed by atoms with Crippen LogP contribution < -0.4 is 11.3 Å². The lowest BCUT2D eigenvalue weighted by Crippen LogP contribution is -2.16. The Hall–Kier alpha value is -1.97. The minimum Gasteiger partial charge on any atom is -0.393 e. The van der Waals surface area contributed by atoms with E-state index < -0.39 is 0 Å². The number of aromatic nitrogens is 2. The van der Waals surface area contributed by atoms with Crippen LogP contribution in [-0.2, 0) is 0 Å². The number of hydrogen-bond donors (Lipinski definition) is 2.